The van der Waals surface area contributed by atoms with Gasteiger partial charge in [0.1, 0.15) is 0 Å². The van der Waals surface area contributed by atoms with Gasteiger partial charge in [-0.15, -0.1) is 22.9 Å². The smallest absolute Gasteiger partial charge is 0.165 e. The van der Waals surface area contributed by atoms with Crippen molar-refractivity contribution in [3.63, 3.8) is 0 Å². The molecule has 1 atom stereocenters. The zero-order chi connectivity index (χ0) is 12.4. The summed E-state index contributed by atoms with van der Waals surface area (Å²) in [6.45, 7) is 0. The van der Waals surface area contributed by atoms with Gasteiger partial charge in [-0.2, -0.15) is 0 Å². The molecule has 5 heteroatoms. The fourth-order valence-corrected chi connectivity index (χ4v) is 3.10. The highest BCUT2D eigenvalue weighted by molar-refractivity contribution is 7.11. The van der Waals surface area contributed by atoms with Crippen LogP contribution in [0.2, 0.25) is 5.02 Å². The average Bonchev–Trinajstić information content (AvgIpc) is 2.75. The molecule has 0 bridgehead atoms. The number of rotatable bonds is 3. The van der Waals surface area contributed by atoms with Crippen molar-refractivity contribution < 1.29 is 9.13 Å². The van der Waals surface area contributed by atoms with Gasteiger partial charge in [-0.25, -0.2) is 4.39 Å². The fourth-order valence-electron chi connectivity index (χ4n) is 1.47. The van der Waals surface area contributed by atoms with Gasteiger partial charge < -0.3 is 4.74 Å². The quantitative estimate of drug-likeness (QED) is 0.732. The van der Waals surface area contributed by atoms with E-state index in [1.807, 2.05) is 5.38 Å². The molecule has 1 unspecified atom stereocenters. The van der Waals surface area contributed by atoms with E-state index in [4.69, 9.17) is 27.9 Å². The molecular formula is C12H9Cl2FOS. The number of hydrogen-bond donors (Lipinski definition) is 0. The molecule has 0 amide bonds. The Morgan fingerprint density at radius 1 is 1.35 bits per heavy atom. The van der Waals surface area contributed by atoms with E-state index in [0.717, 1.165) is 10.4 Å². The van der Waals surface area contributed by atoms with Crippen LogP contribution in [-0.2, 0) is 0 Å². The minimum absolute atomic E-state index is 0.181. The molecule has 1 aromatic heterocycles. The van der Waals surface area contributed by atoms with Crippen molar-refractivity contribution in [2.75, 3.05) is 7.11 Å². The Balaban J connectivity index is 2.38. The lowest BCUT2D eigenvalue weighted by atomic mass is 10.1. The summed E-state index contributed by atoms with van der Waals surface area (Å²) >= 11 is 13.8. The Kier molecular flexibility index (Phi) is 3.92. The molecule has 90 valence electrons. The summed E-state index contributed by atoms with van der Waals surface area (Å²) in [4.78, 5) is 0.849. The second kappa shape index (κ2) is 5.25. The third-order valence-corrected chi connectivity index (χ3v) is 4.37. The maximum atomic E-state index is 13.3. The first-order chi connectivity index (χ1) is 8.13. The van der Waals surface area contributed by atoms with Crippen molar-refractivity contribution in [1.82, 2.24) is 0 Å². The highest BCUT2D eigenvalue weighted by atomic mass is 35.5. The summed E-state index contributed by atoms with van der Waals surface area (Å²) in [5.41, 5.74) is 0.759. The van der Waals surface area contributed by atoms with Gasteiger partial charge in [0, 0.05) is 4.88 Å². The van der Waals surface area contributed by atoms with Gasteiger partial charge in [-0.3, -0.25) is 0 Å². The molecule has 0 aliphatic rings. The SMILES string of the molecule is COc1cc(C(Cl)c2sccc2Cl)ccc1F. The lowest BCUT2D eigenvalue weighted by Crippen LogP contribution is -1.94. The Bertz CT molecular complexity index is 527. The summed E-state index contributed by atoms with van der Waals surface area (Å²) < 4.78 is 18.2. The molecule has 0 saturated heterocycles. The fraction of sp³-hybridized carbons (Fsp3) is 0.167. The van der Waals surface area contributed by atoms with Gasteiger partial charge in [0.15, 0.2) is 11.6 Å². The largest absolute Gasteiger partial charge is 0.494 e. The van der Waals surface area contributed by atoms with Gasteiger partial charge in [-0.1, -0.05) is 17.7 Å². The molecule has 0 fully saturated rings. The molecule has 1 heterocycles. The molecule has 1 nitrogen and oxygen atoms in total. The maximum absolute atomic E-state index is 13.3. The zero-order valence-electron chi connectivity index (χ0n) is 8.91. The summed E-state index contributed by atoms with van der Waals surface area (Å²) in [7, 11) is 1.42. The van der Waals surface area contributed by atoms with E-state index in [2.05, 4.69) is 0 Å². The molecule has 1 aromatic carbocycles. The van der Waals surface area contributed by atoms with Crippen LogP contribution in [0.4, 0.5) is 4.39 Å². The van der Waals surface area contributed by atoms with E-state index in [9.17, 15) is 4.39 Å². The Hall–Kier alpha value is -0.770. The molecule has 0 saturated carbocycles. The van der Waals surface area contributed by atoms with E-state index < -0.39 is 11.2 Å². The number of halogens is 3. The second-order valence-corrected chi connectivity index (χ2v) is 5.18. The van der Waals surface area contributed by atoms with Crippen molar-refractivity contribution in [3.8, 4) is 5.75 Å². The van der Waals surface area contributed by atoms with Crippen molar-refractivity contribution in [1.29, 1.82) is 0 Å². The topological polar surface area (TPSA) is 9.23 Å². The van der Waals surface area contributed by atoms with Crippen molar-refractivity contribution in [2.24, 2.45) is 0 Å². The van der Waals surface area contributed by atoms with E-state index in [1.165, 1.54) is 24.5 Å². The molecule has 2 aromatic rings. The first-order valence-corrected chi connectivity index (χ1v) is 6.53. The summed E-state index contributed by atoms with van der Waals surface area (Å²) in [5.74, 6) is -0.224. The Morgan fingerprint density at radius 2 is 2.12 bits per heavy atom. The van der Waals surface area contributed by atoms with Gasteiger partial charge in [0.2, 0.25) is 0 Å². The van der Waals surface area contributed by atoms with E-state index in [0.29, 0.717) is 5.02 Å². The monoisotopic (exact) mass is 290 g/mol. The van der Waals surface area contributed by atoms with Crippen LogP contribution in [0.25, 0.3) is 0 Å². The van der Waals surface area contributed by atoms with Crippen LogP contribution in [0.15, 0.2) is 29.6 Å². The molecule has 0 aliphatic carbocycles. The second-order valence-electron chi connectivity index (χ2n) is 3.39. The highest BCUT2D eigenvalue weighted by Crippen LogP contribution is 2.38. The van der Waals surface area contributed by atoms with Crippen LogP contribution in [0.5, 0.6) is 5.75 Å². The highest BCUT2D eigenvalue weighted by Gasteiger charge is 2.17. The minimum atomic E-state index is -0.405. The predicted octanol–water partition coefficient (Wildman–Crippen LogP) is 4.88. The maximum Gasteiger partial charge on any atom is 0.165 e. The van der Waals surface area contributed by atoms with Gasteiger partial charge in [-0.05, 0) is 29.1 Å². The average molecular weight is 291 g/mol. The normalized spacial score (nSPS) is 12.5. The van der Waals surface area contributed by atoms with E-state index >= 15 is 0 Å². The first kappa shape index (κ1) is 12.7. The van der Waals surface area contributed by atoms with Gasteiger partial charge in [0.25, 0.3) is 0 Å². The van der Waals surface area contributed by atoms with Crippen LogP contribution in [0, 0.1) is 5.82 Å². The molecule has 17 heavy (non-hydrogen) atoms. The van der Waals surface area contributed by atoms with Crippen LogP contribution in [0.1, 0.15) is 15.8 Å². The van der Waals surface area contributed by atoms with Crippen molar-refractivity contribution >= 4 is 34.5 Å². The predicted molar refractivity (Wildman–Crippen MR) is 70.0 cm³/mol. The van der Waals surface area contributed by atoms with Crippen LogP contribution in [-0.4, -0.2) is 7.11 Å². The van der Waals surface area contributed by atoms with Crippen molar-refractivity contribution in [2.45, 2.75) is 5.38 Å². The molecule has 2 rings (SSSR count). The molecular weight excluding hydrogens is 282 g/mol. The number of alkyl halides is 1. The number of hydrogen-bond acceptors (Lipinski definition) is 2. The zero-order valence-corrected chi connectivity index (χ0v) is 11.2. The van der Waals surface area contributed by atoms with Crippen LogP contribution >= 0.6 is 34.5 Å². The number of methoxy groups -OCH3 is 1. The number of ether oxygens (including phenoxy) is 1. The van der Waals surface area contributed by atoms with Crippen molar-refractivity contribution in [3.05, 3.63) is 50.9 Å². The van der Waals surface area contributed by atoms with E-state index in [-0.39, 0.29) is 5.75 Å². The lowest BCUT2D eigenvalue weighted by molar-refractivity contribution is 0.386. The summed E-state index contributed by atoms with van der Waals surface area (Å²) in [6, 6.07) is 6.34. The van der Waals surface area contributed by atoms with Crippen LogP contribution in [0.3, 0.4) is 0 Å². The third kappa shape index (κ3) is 2.57. The Morgan fingerprint density at radius 3 is 2.71 bits per heavy atom. The third-order valence-electron chi connectivity index (χ3n) is 2.34. The Labute approximate surface area is 113 Å². The lowest BCUT2D eigenvalue weighted by Gasteiger charge is -2.10. The molecule has 0 aliphatic heterocycles. The standard InChI is InChI=1S/C12H9Cl2FOS/c1-16-10-6-7(2-3-9(10)15)11(14)12-8(13)4-5-17-12/h2-6,11H,1H3. The number of thiophene rings is 1. The molecule has 0 N–H and O–H groups in total. The van der Waals surface area contributed by atoms with Gasteiger partial charge in [0.05, 0.1) is 17.5 Å². The van der Waals surface area contributed by atoms with Gasteiger partial charge >= 0.3 is 0 Å². The molecule has 0 radical (unpaired) electrons. The first-order valence-electron chi connectivity index (χ1n) is 4.84. The number of benzene rings is 1. The van der Waals surface area contributed by atoms with Crippen LogP contribution < -0.4 is 4.74 Å². The minimum Gasteiger partial charge on any atom is -0.494 e. The molecule has 0 spiro atoms. The van der Waals surface area contributed by atoms with E-state index in [1.54, 1.807) is 18.2 Å². The summed E-state index contributed by atoms with van der Waals surface area (Å²) in [5, 5.41) is 2.10. The summed E-state index contributed by atoms with van der Waals surface area (Å²) in [6.07, 6.45) is 0.